The number of anilines is 1. The molecule has 0 saturated heterocycles. The fourth-order valence-corrected chi connectivity index (χ4v) is 3.94. The Bertz CT molecular complexity index is 1290. The van der Waals surface area contributed by atoms with E-state index in [0.29, 0.717) is 22.4 Å². The third-order valence-corrected chi connectivity index (χ3v) is 5.77. The Morgan fingerprint density at radius 1 is 1.07 bits per heavy atom. The zero-order valence-electron chi connectivity index (χ0n) is 16.4. The molecular formula is C18H20N8O2S. The SMILES string of the molecule is Cc1nn(C)c2ncc(S(=O)(=O)Nc3cc(C(C)C)nn3-c3ncccn3)cc12. The Morgan fingerprint density at radius 3 is 2.48 bits per heavy atom. The van der Waals surface area contributed by atoms with Crippen LogP contribution in [0.3, 0.4) is 0 Å². The van der Waals surface area contributed by atoms with Crippen LogP contribution in [0, 0.1) is 6.92 Å². The zero-order chi connectivity index (χ0) is 20.8. The van der Waals surface area contributed by atoms with Gasteiger partial charge < -0.3 is 0 Å². The first-order chi connectivity index (χ1) is 13.8. The third kappa shape index (κ3) is 3.44. The molecule has 4 heterocycles. The van der Waals surface area contributed by atoms with Crippen LogP contribution in [-0.2, 0) is 17.1 Å². The molecule has 0 saturated carbocycles. The van der Waals surface area contributed by atoms with Crippen LogP contribution >= 0.6 is 0 Å². The lowest BCUT2D eigenvalue weighted by molar-refractivity contribution is 0.600. The molecule has 150 valence electrons. The molecule has 4 aromatic heterocycles. The van der Waals surface area contributed by atoms with Crippen molar-refractivity contribution in [2.75, 3.05) is 4.72 Å². The van der Waals surface area contributed by atoms with Gasteiger partial charge in [0.15, 0.2) is 5.65 Å². The van der Waals surface area contributed by atoms with Gasteiger partial charge in [0.25, 0.3) is 16.0 Å². The molecule has 10 nitrogen and oxygen atoms in total. The number of aromatic nitrogens is 7. The van der Waals surface area contributed by atoms with Crippen LogP contribution in [0.1, 0.15) is 31.2 Å². The van der Waals surface area contributed by atoms with Crippen molar-refractivity contribution in [2.45, 2.75) is 31.6 Å². The van der Waals surface area contributed by atoms with Crippen LogP contribution in [0.4, 0.5) is 5.82 Å². The zero-order valence-corrected chi connectivity index (χ0v) is 17.2. The molecule has 0 aliphatic rings. The Morgan fingerprint density at radius 2 is 1.79 bits per heavy atom. The predicted molar refractivity (Wildman–Crippen MR) is 107 cm³/mol. The summed E-state index contributed by atoms with van der Waals surface area (Å²) in [6, 6.07) is 4.92. The molecule has 0 aliphatic heterocycles. The van der Waals surface area contributed by atoms with E-state index in [4.69, 9.17) is 0 Å². The molecule has 0 unspecified atom stereocenters. The highest BCUT2D eigenvalue weighted by Gasteiger charge is 2.22. The lowest BCUT2D eigenvalue weighted by Crippen LogP contribution is -2.17. The summed E-state index contributed by atoms with van der Waals surface area (Å²) < 4.78 is 31.7. The number of nitrogens with zero attached hydrogens (tertiary/aromatic N) is 7. The second-order valence-corrected chi connectivity index (χ2v) is 8.61. The number of hydrogen-bond donors (Lipinski definition) is 1. The van der Waals surface area contributed by atoms with Crippen LogP contribution in [-0.4, -0.2) is 42.9 Å². The number of nitrogens with one attached hydrogen (secondary N) is 1. The van der Waals surface area contributed by atoms with Gasteiger partial charge in [-0.3, -0.25) is 9.40 Å². The molecule has 4 rings (SSSR count). The fraction of sp³-hybridized carbons (Fsp3) is 0.278. The minimum absolute atomic E-state index is 0.0360. The summed E-state index contributed by atoms with van der Waals surface area (Å²) in [6.45, 7) is 5.75. The summed E-state index contributed by atoms with van der Waals surface area (Å²) in [7, 11) is -2.16. The van der Waals surface area contributed by atoms with Gasteiger partial charge in [-0.25, -0.2) is 23.4 Å². The van der Waals surface area contributed by atoms with Crippen LogP contribution in [0.2, 0.25) is 0 Å². The maximum absolute atomic E-state index is 13.1. The van der Waals surface area contributed by atoms with Crippen molar-refractivity contribution in [2.24, 2.45) is 7.05 Å². The monoisotopic (exact) mass is 412 g/mol. The Kier molecular flexibility index (Phi) is 4.53. The lowest BCUT2D eigenvalue weighted by Gasteiger charge is -2.09. The molecule has 11 heteroatoms. The van der Waals surface area contributed by atoms with Gasteiger partial charge in [0.1, 0.15) is 10.7 Å². The summed E-state index contributed by atoms with van der Waals surface area (Å²) in [5.74, 6) is 0.621. The van der Waals surface area contributed by atoms with Crippen molar-refractivity contribution in [1.82, 2.24) is 34.5 Å². The molecule has 1 N–H and O–H groups in total. The van der Waals surface area contributed by atoms with Crippen molar-refractivity contribution >= 4 is 26.9 Å². The molecule has 0 aliphatic carbocycles. The second-order valence-electron chi connectivity index (χ2n) is 6.93. The Hall–Kier alpha value is -3.34. The van der Waals surface area contributed by atoms with Gasteiger partial charge in [-0.15, -0.1) is 0 Å². The van der Waals surface area contributed by atoms with E-state index in [2.05, 4.69) is 29.9 Å². The number of aryl methyl sites for hydroxylation is 2. The first-order valence-electron chi connectivity index (χ1n) is 8.96. The quantitative estimate of drug-likeness (QED) is 0.533. The van der Waals surface area contributed by atoms with Gasteiger partial charge in [-0.2, -0.15) is 14.9 Å². The highest BCUT2D eigenvalue weighted by atomic mass is 32.2. The molecule has 0 spiro atoms. The van der Waals surface area contributed by atoms with E-state index in [9.17, 15) is 8.42 Å². The molecular weight excluding hydrogens is 392 g/mol. The molecule has 4 aromatic rings. The summed E-state index contributed by atoms with van der Waals surface area (Å²) in [4.78, 5) is 12.6. The maximum Gasteiger partial charge on any atom is 0.264 e. The first kappa shape index (κ1) is 19.0. The first-order valence-corrected chi connectivity index (χ1v) is 10.4. The topological polar surface area (TPSA) is 120 Å². The molecule has 0 aromatic carbocycles. The fourth-order valence-electron chi connectivity index (χ4n) is 2.94. The standard InChI is InChI=1S/C18H20N8O2S/c1-11(2)15-9-16(26(23-15)18-19-6-5-7-20-18)24-29(27,28)13-8-14-12(3)22-25(4)17(14)21-10-13/h5-11,24H,1-4H3. The van der Waals surface area contributed by atoms with Crippen LogP contribution in [0.15, 0.2) is 41.7 Å². The Balaban J connectivity index is 1.78. The summed E-state index contributed by atoms with van der Waals surface area (Å²) in [5, 5.41) is 9.42. The van der Waals surface area contributed by atoms with Crippen LogP contribution in [0.5, 0.6) is 0 Å². The molecule has 0 fully saturated rings. The van der Waals surface area contributed by atoms with Gasteiger partial charge >= 0.3 is 0 Å². The maximum atomic E-state index is 13.1. The van der Waals surface area contributed by atoms with Gasteiger partial charge in [-0.05, 0) is 25.0 Å². The average molecular weight is 412 g/mol. The number of hydrogen-bond acceptors (Lipinski definition) is 7. The highest BCUT2D eigenvalue weighted by molar-refractivity contribution is 7.92. The number of sulfonamides is 1. The summed E-state index contributed by atoms with van der Waals surface area (Å²) in [6.07, 6.45) is 4.45. The van der Waals surface area contributed by atoms with Gasteiger partial charge in [0, 0.05) is 37.1 Å². The minimum Gasteiger partial charge on any atom is -0.263 e. The largest absolute Gasteiger partial charge is 0.264 e. The van der Waals surface area contributed by atoms with Gasteiger partial charge in [0.05, 0.1) is 11.4 Å². The van der Waals surface area contributed by atoms with E-state index in [0.717, 1.165) is 0 Å². The van der Waals surface area contributed by atoms with Crippen molar-refractivity contribution < 1.29 is 8.42 Å². The second kappa shape index (κ2) is 6.92. The smallest absolute Gasteiger partial charge is 0.263 e. The van der Waals surface area contributed by atoms with E-state index < -0.39 is 10.0 Å². The van der Waals surface area contributed by atoms with E-state index in [1.54, 1.807) is 42.3 Å². The lowest BCUT2D eigenvalue weighted by atomic mass is 10.1. The summed E-state index contributed by atoms with van der Waals surface area (Å²) >= 11 is 0. The third-order valence-electron chi connectivity index (χ3n) is 4.45. The average Bonchev–Trinajstić information content (AvgIpc) is 3.23. The molecule has 0 radical (unpaired) electrons. The molecule has 0 amide bonds. The van der Waals surface area contributed by atoms with Crippen molar-refractivity contribution in [3.8, 4) is 5.95 Å². The number of rotatable bonds is 5. The van der Waals surface area contributed by atoms with Gasteiger partial charge in [-0.1, -0.05) is 13.8 Å². The predicted octanol–water partition coefficient (Wildman–Crippen LogP) is 2.18. The minimum atomic E-state index is -3.92. The van der Waals surface area contributed by atoms with Crippen LogP contribution in [0.25, 0.3) is 17.0 Å². The highest BCUT2D eigenvalue weighted by Crippen LogP contribution is 2.25. The van der Waals surface area contributed by atoms with E-state index in [-0.39, 0.29) is 22.6 Å². The normalized spacial score (nSPS) is 12.0. The number of pyridine rings is 1. The number of fused-ring (bicyclic) bond motifs is 1. The molecule has 29 heavy (non-hydrogen) atoms. The van der Waals surface area contributed by atoms with E-state index >= 15 is 0 Å². The van der Waals surface area contributed by atoms with Crippen molar-refractivity contribution in [3.63, 3.8) is 0 Å². The van der Waals surface area contributed by atoms with Gasteiger partial charge in [0.2, 0.25) is 0 Å². The van der Waals surface area contributed by atoms with E-state index in [1.807, 2.05) is 20.8 Å². The molecule has 0 atom stereocenters. The van der Waals surface area contributed by atoms with Crippen molar-refractivity contribution in [1.29, 1.82) is 0 Å². The van der Waals surface area contributed by atoms with Crippen LogP contribution < -0.4 is 4.72 Å². The Labute approximate surface area is 167 Å². The summed E-state index contributed by atoms with van der Waals surface area (Å²) in [5.41, 5.74) is 2.04. The van der Waals surface area contributed by atoms with E-state index in [1.165, 1.54) is 10.9 Å². The molecule has 0 bridgehead atoms. The van der Waals surface area contributed by atoms with Crippen molar-refractivity contribution in [3.05, 3.63) is 48.2 Å².